The van der Waals surface area contributed by atoms with E-state index in [-0.39, 0.29) is 40.2 Å². The van der Waals surface area contributed by atoms with Crippen LogP contribution in [0.1, 0.15) is 58.1 Å². The smallest absolute Gasteiger partial charge is 0.410 e. The fraction of sp³-hybridized carbons (Fsp3) is 0.378. The van der Waals surface area contributed by atoms with Gasteiger partial charge in [-0.05, 0) is 57.9 Å². The molecule has 0 N–H and O–H groups in total. The van der Waals surface area contributed by atoms with Crippen molar-refractivity contribution in [1.82, 2.24) is 28.6 Å². The van der Waals surface area contributed by atoms with E-state index in [1.54, 1.807) is 59.9 Å². The number of hydrogen-bond donors (Lipinski definition) is 0. The molecule has 2 aliphatic rings. The average Bonchev–Trinajstić information content (AvgIpc) is 3.78. The number of ether oxygens (including phenoxy) is 3. The lowest BCUT2D eigenvalue weighted by Crippen LogP contribution is -2.42. The standard InChI is InChI=1S/C37H39N7O6S/c1-37(2,3)50-36(45)42-13-9-29(10-14-42)43-23-28(22-41-43)26-18-32-33(24-44(34(32)39-20-26)51(46,47)31-7-5-4-6-8-31)27-17-25(19-38)35(40-21-27)49-30-11-15-48-16-12-30/h4-8,17-18,20-24,29-30H,9-16H2,1-3H3. The van der Waals surface area contributed by atoms with Gasteiger partial charge in [0.1, 0.15) is 23.3 Å². The summed E-state index contributed by atoms with van der Waals surface area (Å²) >= 11 is 0. The van der Waals surface area contributed by atoms with E-state index in [1.165, 1.54) is 10.2 Å². The SMILES string of the molecule is CC(C)(C)OC(=O)N1CCC(n2cc(-c3cnc4c(c3)c(-c3cnc(OC5CCOCC5)c(C#N)c3)cn4S(=O)(=O)c3ccccc3)cn2)CC1. The van der Waals surface area contributed by atoms with E-state index in [9.17, 15) is 18.5 Å². The lowest BCUT2D eigenvalue weighted by molar-refractivity contribution is 0.0184. The Balaban J connectivity index is 1.22. The van der Waals surface area contributed by atoms with Gasteiger partial charge < -0.3 is 19.1 Å². The maximum atomic E-state index is 13.9. The second-order valence-corrected chi connectivity index (χ2v) is 15.6. The van der Waals surface area contributed by atoms with Gasteiger partial charge in [0.05, 0.1) is 30.3 Å². The van der Waals surface area contributed by atoms with Crippen LogP contribution in [0.15, 0.2) is 78.3 Å². The van der Waals surface area contributed by atoms with Crippen LogP contribution in [-0.2, 0) is 19.5 Å². The van der Waals surface area contributed by atoms with Gasteiger partial charge in [0.2, 0.25) is 5.88 Å². The van der Waals surface area contributed by atoms with Gasteiger partial charge in [-0.1, -0.05) is 18.2 Å². The molecule has 1 amide bonds. The van der Waals surface area contributed by atoms with Crippen LogP contribution in [0.5, 0.6) is 5.88 Å². The first-order valence-corrected chi connectivity index (χ1v) is 18.4. The van der Waals surface area contributed by atoms with E-state index in [2.05, 4.69) is 21.1 Å². The number of nitrogens with zero attached hydrogens (tertiary/aromatic N) is 7. The number of pyridine rings is 2. The molecule has 2 fully saturated rings. The van der Waals surface area contributed by atoms with Crippen LogP contribution in [0.2, 0.25) is 0 Å². The zero-order chi connectivity index (χ0) is 35.8. The minimum atomic E-state index is -4.03. The van der Waals surface area contributed by atoms with Crippen LogP contribution in [-0.4, -0.2) is 81.1 Å². The highest BCUT2D eigenvalue weighted by Crippen LogP contribution is 2.36. The summed E-state index contributed by atoms with van der Waals surface area (Å²) < 4.78 is 48.0. The van der Waals surface area contributed by atoms with Crippen LogP contribution < -0.4 is 4.74 Å². The number of fused-ring (bicyclic) bond motifs is 1. The predicted octanol–water partition coefficient (Wildman–Crippen LogP) is 6.20. The van der Waals surface area contributed by atoms with Crippen molar-refractivity contribution < 1.29 is 27.4 Å². The fourth-order valence-electron chi connectivity index (χ4n) is 6.41. The molecule has 51 heavy (non-hydrogen) atoms. The molecule has 2 aliphatic heterocycles. The molecule has 0 aliphatic carbocycles. The monoisotopic (exact) mass is 709 g/mol. The Morgan fingerprint density at radius 2 is 1.67 bits per heavy atom. The summed E-state index contributed by atoms with van der Waals surface area (Å²) in [4.78, 5) is 23.6. The van der Waals surface area contributed by atoms with Crippen molar-refractivity contribution in [2.75, 3.05) is 26.3 Å². The van der Waals surface area contributed by atoms with Gasteiger partial charge in [-0.15, -0.1) is 0 Å². The molecule has 6 heterocycles. The van der Waals surface area contributed by atoms with Crippen molar-refractivity contribution in [3.8, 4) is 34.2 Å². The summed E-state index contributed by atoms with van der Waals surface area (Å²) in [6.07, 6.45) is 10.9. The quantitative estimate of drug-likeness (QED) is 0.191. The number of hydrogen-bond acceptors (Lipinski definition) is 10. The summed E-state index contributed by atoms with van der Waals surface area (Å²) in [7, 11) is -4.03. The number of benzene rings is 1. The summed E-state index contributed by atoms with van der Waals surface area (Å²) in [5.74, 6) is 0.233. The van der Waals surface area contributed by atoms with Crippen molar-refractivity contribution in [1.29, 1.82) is 5.26 Å². The van der Waals surface area contributed by atoms with Crippen molar-refractivity contribution in [2.24, 2.45) is 0 Å². The third-order valence-electron chi connectivity index (χ3n) is 9.07. The molecule has 264 valence electrons. The van der Waals surface area contributed by atoms with Crippen LogP contribution in [0.25, 0.3) is 33.3 Å². The third kappa shape index (κ3) is 7.17. The van der Waals surface area contributed by atoms with Gasteiger partial charge in [-0.25, -0.2) is 27.2 Å². The molecule has 0 bridgehead atoms. The second kappa shape index (κ2) is 13.8. The normalized spacial score (nSPS) is 16.2. The Kier molecular flexibility index (Phi) is 9.26. The Bertz CT molecular complexity index is 2210. The first-order chi connectivity index (χ1) is 24.5. The average molecular weight is 710 g/mol. The molecule has 0 radical (unpaired) electrons. The van der Waals surface area contributed by atoms with E-state index < -0.39 is 15.6 Å². The van der Waals surface area contributed by atoms with Gasteiger partial charge in [0, 0.05) is 78.4 Å². The van der Waals surface area contributed by atoms with Gasteiger partial charge >= 0.3 is 6.09 Å². The molecule has 5 aromatic rings. The molecule has 0 spiro atoms. The molecule has 0 unspecified atom stereocenters. The van der Waals surface area contributed by atoms with E-state index in [0.29, 0.717) is 55.7 Å². The van der Waals surface area contributed by atoms with Gasteiger partial charge in [-0.2, -0.15) is 10.4 Å². The minimum Gasteiger partial charge on any atom is -0.473 e. The largest absolute Gasteiger partial charge is 0.473 e. The number of carbonyl (C=O) groups is 1. The molecular formula is C37H39N7O6S. The van der Waals surface area contributed by atoms with Crippen LogP contribution in [0.3, 0.4) is 0 Å². The molecule has 14 heteroatoms. The Labute approximate surface area is 296 Å². The highest BCUT2D eigenvalue weighted by Gasteiger charge is 2.29. The summed E-state index contributed by atoms with van der Waals surface area (Å²) in [6, 6.07) is 14.0. The topological polar surface area (TPSA) is 154 Å². The number of carbonyl (C=O) groups excluding carboxylic acids is 1. The maximum absolute atomic E-state index is 13.9. The Morgan fingerprint density at radius 3 is 2.37 bits per heavy atom. The van der Waals surface area contributed by atoms with Crippen molar-refractivity contribution >= 4 is 27.1 Å². The van der Waals surface area contributed by atoms with Crippen LogP contribution >= 0.6 is 0 Å². The summed E-state index contributed by atoms with van der Waals surface area (Å²) in [5, 5.41) is 15.3. The molecule has 0 atom stereocenters. The minimum absolute atomic E-state index is 0.0964. The third-order valence-corrected chi connectivity index (χ3v) is 10.7. The number of aromatic nitrogens is 5. The van der Waals surface area contributed by atoms with Crippen LogP contribution in [0.4, 0.5) is 4.79 Å². The lowest BCUT2D eigenvalue weighted by atomic mass is 10.0. The predicted molar refractivity (Wildman–Crippen MR) is 188 cm³/mol. The lowest BCUT2D eigenvalue weighted by Gasteiger charge is -2.33. The van der Waals surface area contributed by atoms with E-state index >= 15 is 0 Å². The zero-order valence-electron chi connectivity index (χ0n) is 28.7. The number of rotatable bonds is 7. The van der Waals surface area contributed by atoms with Gasteiger partial charge in [0.15, 0.2) is 5.65 Å². The second-order valence-electron chi connectivity index (χ2n) is 13.8. The molecule has 7 rings (SSSR count). The highest BCUT2D eigenvalue weighted by molar-refractivity contribution is 7.90. The fourth-order valence-corrected chi connectivity index (χ4v) is 7.75. The summed E-state index contributed by atoms with van der Waals surface area (Å²) in [6.45, 7) is 7.86. The first-order valence-electron chi connectivity index (χ1n) is 17.0. The van der Waals surface area contributed by atoms with E-state index in [1.807, 2.05) is 37.7 Å². The molecular weight excluding hydrogens is 671 g/mol. The highest BCUT2D eigenvalue weighted by atomic mass is 32.2. The molecule has 2 saturated heterocycles. The Hall–Kier alpha value is -5.26. The molecule has 13 nitrogen and oxygen atoms in total. The Morgan fingerprint density at radius 1 is 0.941 bits per heavy atom. The molecule has 0 saturated carbocycles. The van der Waals surface area contributed by atoms with Crippen molar-refractivity contribution in [3.05, 3.63) is 79.0 Å². The van der Waals surface area contributed by atoms with Gasteiger partial charge in [-0.3, -0.25) is 4.68 Å². The van der Waals surface area contributed by atoms with Crippen LogP contribution in [0, 0.1) is 11.3 Å². The van der Waals surface area contributed by atoms with Crippen molar-refractivity contribution in [2.45, 2.75) is 69.1 Å². The van der Waals surface area contributed by atoms with Crippen molar-refractivity contribution in [3.63, 3.8) is 0 Å². The molecule has 4 aromatic heterocycles. The number of likely N-dealkylation sites (tertiary alicyclic amines) is 1. The number of amides is 1. The van der Waals surface area contributed by atoms with E-state index in [0.717, 1.165) is 24.0 Å². The summed E-state index contributed by atoms with van der Waals surface area (Å²) in [5.41, 5.74) is 2.56. The van der Waals surface area contributed by atoms with Gasteiger partial charge in [0.25, 0.3) is 10.0 Å². The molecule has 1 aromatic carbocycles. The zero-order valence-corrected chi connectivity index (χ0v) is 29.5. The first kappa shape index (κ1) is 34.2. The maximum Gasteiger partial charge on any atom is 0.410 e. The van der Waals surface area contributed by atoms with E-state index in [4.69, 9.17) is 14.2 Å². The number of nitriles is 1. The number of piperidine rings is 1.